The largest absolute Gasteiger partial charge is 0.415 e. The summed E-state index contributed by atoms with van der Waals surface area (Å²) in [7, 11) is 0. The van der Waals surface area contributed by atoms with E-state index in [0.717, 1.165) is 12.8 Å². The van der Waals surface area contributed by atoms with Crippen LogP contribution in [0.5, 0.6) is 0 Å². The first-order valence-corrected chi connectivity index (χ1v) is 11.4. The zero-order valence-electron chi connectivity index (χ0n) is 19.4. The molecular formula is C23H41NO7. The molecule has 0 aromatic heterocycles. The van der Waals surface area contributed by atoms with Crippen molar-refractivity contribution in [1.29, 1.82) is 0 Å². The Labute approximate surface area is 186 Å². The van der Waals surface area contributed by atoms with E-state index < -0.39 is 12.1 Å². The maximum Gasteiger partial charge on any atom is 0.415 e. The molecule has 3 N–H and O–H groups in total. The van der Waals surface area contributed by atoms with E-state index in [9.17, 15) is 14.4 Å². The lowest BCUT2D eigenvalue weighted by atomic mass is 9.63. The van der Waals surface area contributed by atoms with Gasteiger partial charge in [0.15, 0.2) is 5.78 Å². The third-order valence-corrected chi connectivity index (χ3v) is 5.59. The Balaban J connectivity index is 2.47. The number of rotatable bonds is 14. The fraction of sp³-hybridized carbons (Fsp3) is 0.870. The molecule has 1 aliphatic carbocycles. The number of aliphatic hydroxyl groups is 2. The summed E-state index contributed by atoms with van der Waals surface area (Å²) in [5.41, 5.74) is -0.243. The molecule has 0 aromatic rings. The summed E-state index contributed by atoms with van der Waals surface area (Å²) in [6.07, 6.45) is 5.39. The number of hydrogen-bond donors (Lipinski definition) is 3. The number of aliphatic hydroxyl groups excluding tert-OH is 2. The van der Waals surface area contributed by atoms with Crippen LogP contribution in [0, 0.1) is 10.8 Å². The fourth-order valence-electron chi connectivity index (χ4n) is 4.67. The van der Waals surface area contributed by atoms with E-state index in [2.05, 4.69) is 26.1 Å². The van der Waals surface area contributed by atoms with E-state index in [-0.39, 0.29) is 48.9 Å². The summed E-state index contributed by atoms with van der Waals surface area (Å²) in [4.78, 5) is 35.9. The number of hydrogen-bond acceptors (Lipinski definition) is 7. The molecule has 1 aliphatic rings. The highest BCUT2D eigenvalue weighted by Crippen LogP contribution is 2.46. The van der Waals surface area contributed by atoms with Crippen LogP contribution in [0.15, 0.2) is 0 Å². The summed E-state index contributed by atoms with van der Waals surface area (Å²) >= 11 is 0. The highest BCUT2D eigenvalue weighted by molar-refractivity contribution is 5.84. The first-order valence-electron chi connectivity index (χ1n) is 11.4. The molecule has 1 amide bonds. The molecule has 0 saturated heterocycles. The highest BCUT2D eigenvalue weighted by atomic mass is 16.6. The third kappa shape index (κ3) is 12.2. The molecule has 0 heterocycles. The number of nitrogens with one attached hydrogen (secondary N) is 1. The minimum atomic E-state index is -0.725. The molecule has 8 nitrogen and oxygen atoms in total. The molecule has 0 spiro atoms. The van der Waals surface area contributed by atoms with E-state index in [0.29, 0.717) is 51.6 Å². The van der Waals surface area contributed by atoms with Gasteiger partial charge in [0.25, 0.3) is 0 Å². The van der Waals surface area contributed by atoms with Crippen LogP contribution in [0.4, 0.5) is 4.79 Å². The van der Waals surface area contributed by atoms with Crippen molar-refractivity contribution >= 4 is 17.8 Å². The average molecular weight is 444 g/mol. The second kappa shape index (κ2) is 13.8. The van der Waals surface area contributed by atoms with Crippen molar-refractivity contribution in [2.45, 2.75) is 91.0 Å². The normalized spacial score (nSPS) is 22.7. The van der Waals surface area contributed by atoms with Gasteiger partial charge in [0, 0.05) is 32.1 Å². The molecule has 1 rings (SSSR count). The van der Waals surface area contributed by atoms with Gasteiger partial charge in [-0.1, -0.05) is 27.2 Å². The van der Waals surface area contributed by atoms with Gasteiger partial charge in [0.1, 0.15) is 6.61 Å². The first-order chi connectivity index (χ1) is 14.6. The first kappa shape index (κ1) is 27.5. The van der Waals surface area contributed by atoms with Crippen LogP contribution < -0.4 is 5.32 Å². The molecule has 180 valence electrons. The Morgan fingerprint density at radius 1 is 0.935 bits per heavy atom. The van der Waals surface area contributed by atoms with E-state index in [1.54, 1.807) is 0 Å². The van der Waals surface area contributed by atoms with Crippen molar-refractivity contribution in [3.05, 3.63) is 0 Å². The second-order valence-electron chi connectivity index (χ2n) is 9.91. The van der Waals surface area contributed by atoms with Gasteiger partial charge in [-0.25, -0.2) is 4.79 Å². The van der Waals surface area contributed by atoms with Gasteiger partial charge in [0.05, 0.1) is 6.61 Å². The molecule has 0 aromatic carbocycles. The van der Waals surface area contributed by atoms with Crippen molar-refractivity contribution < 1.29 is 34.1 Å². The molecule has 0 radical (unpaired) electrons. The van der Waals surface area contributed by atoms with Gasteiger partial charge in [-0.05, 0) is 55.8 Å². The Kier molecular flexibility index (Phi) is 12.3. The van der Waals surface area contributed by atoms with Crippen LogP contribution in [0.1, 0.15) is 85.0 Å². The molecule has 1 fully saturated rings. The van der Waals surface area contributed by atoms with Crippen LogP contribution in [0.2, 0.25) is 0 Å². The van der Waals surface area contributed by atoms with Gasteiger partial charge >= 0.3 is 12.1 Å². The van der Waals surface area contributed by atoms with Gasteiger partial charge < -0.3 is 25.0 Å². The SMILES string of the molecule is CC1(C)CC(NC(=O)OC(=O)CCCCCO)CC(C)(COCC(=O)CCCCO)C1. The number of ketones is 1. The number of unbranched alkanes of at least 4 members (excludes halogenated alkanes) is 3. The number of esters is 1. The highest BCUT2D eigenvalue weighted by Gasteiger charge is 2.42. The standard InChI is InChI=1S/C23H41NO7/c1-22(2)13-18(24-21(29)31-20(28)10-5-4-7-11-25)14-23(3,16-22)17-30-15-19(27)9-6-8-12-26/h18,25-26H,4-17H2,1-3H3,(H,24,29). The van der Waals surface area contributed by atoms with E-state index in [1.807, 2.05) is 0 Å². The van der Waals surface area contributed by atoms with Crippen molar-refractivity contribution in [3.8, 4) is 0 Å². The minimum Gasteiger partial charge on any atom is -0.396 e. The minimum absolute atomic E-state index is 0.0304. The molecule has 2 atom stereocenters. The van der Waals surface area contributed by atoms with Crippen molar-refractivity contribution in [2.75, 3.05) is 26.4 Å². The zero-order valence-corrected chi connectivity index (χ0v) is 19.4. The smallest absolute Gasteiger partial charge is 0.396 e. The van der Waals surface area contributed by atoms with E-state index >= 15 is 0 Å². The summed E-state index contributed by atoms with van der Waals surface area (Å²) in [5, 5.41) is 20.4. The third-order valence-electron chi connectivity index (χ3n) is 5.59. The maximum absolute atomic E-state index is 12.2. The number of Topliss-reactive ketones (excluding diaryl/α,β-unsaturated/α-hetero) is 1. The zero-order chi connectivity index (χ0) is 23.3. The summed E-state index contributed by atoms with van der Waals surface area (Å²) < 4.78 is 10.6. The Morgan fingerprint density at radius 3 is 2.26 bits per heavy atom. The topological polar surface area (TPSA) is 122 Å². The molecule has 31 heavy (non-hydrogen) atoms. The Bertz CT molecular complexity index is 578. The van der Waals surface area contributed by atoms with Crippen LogP contribution >= 0.6 is 0 Å². The molecule has 8 heteroatoms. The number of alkyl carbamates (subject to hydrolysis) is 1. The number of amides is 1. The van der Waals surface area contributed by atoms with Crippen LogP contribution in [-0.4, -0.2) is 60.5 Å². The van der Waals surface area contributed by atoms with E-state index in [4.69, 9.17) is 19.7 Å². The number of carbonyl (C=O) groups excluding carboxylic acids is 3. The molecule has 1 saturated carbocycles. The molecule has 0 bridgehead atoms. The predicted molar refractivity (Wildman–Crippen MR) is 116 cm³/mol. The lowest BCUT2D eigenvalue weighted by Gasteiger charge is -2.46. The van der Waals surface area contributed by atoms with Gasteiger partial charge in [-0.3, -0.25) is 9.59 Å². The van der Waals surface area contributed by atoms with E-state index in [1.165, 1.54) is 0 Å². The number of ether oxygens (including phenoxy) is 2. The maximum atomic E-state index is 12.2. The lowest BCUT2D eigenvalue weighted by Crippen LogP contribution is -2.48. The Morgan fingerprint density at radius 2 is 1.58 bits per heavy atom. The number of carbonyl (C=O) groups is 3. The van der Waals surface area contributed by atoms with Crippen molar-refractivity contribution in [3.63, 3.8) is 0 Å². The van der Waals surface area contributed by atoms with Crippen LogP contribution in [0.3, 0.4) is 0 Å². The monoisotopic (exact) mass is 443 g/mol. The molecule has 2 unspecified atom stereocenters. The second-order valence-corrected chi connectivity index (χ2v) is 9.91. The predicted octanol–water partition coefficient (Wildman–Crippen LogP) is 3.13. The van der Waals surface area contributed by atoms with Crippen LogP contribution in [0.25, 0.3) is 0 Å². The summed E-state index contributed by atoms with van der Waals surface area (Å²) in [5.74, 6) is -0.529. The lowest BCUT2D eigenvalue weighted by molar-refractivity contribution is -0.137. The van der Waals surface area contributed by atoms with Gasteiger partial charge in [0.2, 0.25) is 0 Å². The van der Waals surface area contributed by atoms with Gasteiger partial charge in [-0.2, -0.15) is 0 Å². The van der Waals surface area contributed by atoms with Crippen LogP contribution in [-0.2, 0) is 19.1 Å². The fourth-order valence-corrected chi connectivity index (χ4v) is 4.67. The molecular weight excluding hydrogens is 402 g/mol. The molecule has 0 aliphatic heterocycles. The van der Waals surface area contributed by atoms with Gasteiger partial charge in [-0.15, -0.1) is 0 Å². The summed E-state index contributed by atoms with van der Waals surface area (Å²) in [6, 6.07) is -0.146. The van der Waals surface area contributed by atoms with Crippen molar-refractivity contribution in [2.24, 2.45) is 10.8 Å². The quantitative estimate of drug-likeness (QED) is 0.214. The van der Waals surface area contributed by atoms with Crippen molar-refractivity contribution in [1.82, 2.24) is 5.32 Å². The Hall–Kier alpha value is -1.51. The summed E-state index contributed by atoms with van der Waals surface area (Å²) in [6.45, 7) is 7.02. The average Bonchev–Trinajstić information content (AvgIpc) is 2.63.